The van der Waals surface area contributed by atoms with Gasteiger partial charge in [0.05, 0.1) is 11.1 Å². The van der Waals surface area contributed by atoms with Crippen molar-refractivity contribution in [1.82, 2.24) is 5.32 Å². The zero-order valence-electron chi connectivity index (χ0n) is 16.1. The second kappa shape index (κ2) is 7.17. The van der Waals surface area contributed by atoms with Gasteiger partial charge in [-0.05, 0) is 70.5 Å². The van der Waals surface area contributed by atoms with Crippen LogP contribution in [0.2, 0.25) is 0 Å². The van der Waals surface area contributed by atoms with Crippen molar-refractivity contribution in [3.63, 3.8) is 0 Å². The second-order valence-electron chi connectivity index (χ2n) is 7.62. The molecule has 0 radical (unpaired) electrons. The largest absolute Gasteiger partial charge is 0.288 e. The Balaban J connectivity index is 0.000000142. The number of fused-ring (bicyclic) bond motifs is 6. The second-order valence-corrected chi connectivity index (χ2v) is 7.62. The molecule has 142 valence electrons. The van der Waals surface area contributed by atoms with Crippen LogP contribution in [0.4, 0.5) is 0 Å². The Morgan fingerprint density at radius 1 is 0.586 bits per heavy atom. The van der Waals surface area contributed by atoms with Gasteiger partial charge in [-0.3, -0.25) is 14.9 Å². The molecule has 4 aromatic rings. The van der Waals surface area contributed by atoms with E-state index in [2.05, 4.69) is 53.8 Å². The number of nitrogens with one attached hydrogen (secondary N) is 1. The van der Waals surface area contributed by atoms with Crippen LogP contribution in [-0.4, -0.2) is 11.8 Å². The van der Waals surface area contributed by atoms with Crippen LogP contribution in [0.3, 0.4) is 0 Å². The summed E-state index contributed by atoms with van der Waals surface area (Å²) in [5.41, 5.74) is 4.11. The molecule has 0 bridgehead atoms. The van der Waals surface area contributed by atoms with E-state index in [1.165, 1.54) is 47.2 Å². The summed E-state index contributed by atoms with van der Waals surface area (Å²) in [7, 11) is 0. The summed E-state index contributed by atoms with van der Waals surface area (Å²) < 4.78 is 0. The van der Waals surface area contributed by atoms with Gasteiger partial charge < -0.3 is 0 Å². The summed E-state index contributed by atoms with van der Waals surface area (Å²) in [6.45, 7) is 0. The number of amides is 2. The summed E-state index contributed by atoms with van der Waals surface area (Å²) in [6.07, 6.45) is 5.22. The molecule has 1 aliphatic heterocycles. The molecule has 0 fully saturated rings. The Labute approximate surface area is 169 Å². The fourth-order valence-electron chi connectivity index (χ4n) is 4.46. The van der Waals surface area contributed by atoms with E-state index >= 15 is 0 Å². The first-order chi connectivity index (χ1) is 14.2. The number of hydrogen-bond donors (Lipinski definition) is 1. The topological polar surface area (TPSA) is 46.2 Å². The highest BCUT2D eigenvalue weighted by atomic mass is 16.2. The number of imide groups is 1. The summed E-state index contributed by atoms with van der Waals surface area (Å²) in [5, 5.41) is 7.85. The van der Waals surface area contributed by atoms with Crippen molar-refractivity contribution in [3.8, 4) is 0 Å². The molecule has 1 aliphatic carbocycles. The molecule has 0 unspecified atom stereocenters. The van der Waals surface area contributed by atoms with Crippen molar-refractivity contribution in [2.75, 3.05) is 0 Å². The van der Waals surface area contributed by atoms with E-state index in [9.17, 15) is 9.59 Å². The van der Waals surface area contributed by atoms with Crippen molar-refractivity contribution in [1.29, 1.82) is 0 Å². The first-order valence-corrected chi connectivity index (χ1v) is 10.1. The van der Waals surface area contributed by atoms with Gasteiger partial charge in [-0.15, -0.1) is 0 Å². The van der Waals surface area contributed by atoms with E-state index < -0.39 is 0 Å². The Bertz CT molecular complexity index is 1240. The van der Waals surface area contributed by atoms with Crippen LogP contribution in [0.1, 0.15) is 44.7 Å². The van der Waals surface area contributed by atoms with Crippen molar-refractivity contribution in [2.24, 2.45) is 0 Å². The number of rotatable bonds is 0. The molecule has 3 nitrogen and oxygen atoms in total. The molecule has 1 heterocycles. The summed E-state index contributed by atoms with van der Waals surface area (Å²) in [5.74, 6) is -0.601. The maximum absolute atomic E-state index is 10.9. The lowest BCUT2D eigenvalue weighted by molar-refractivity contribution is 0.0879. The lowest BCUT2D eigenvalue weighted by atomic mass is 9.86. The van der Waals surface area contributed by atoms with Crippen molar-refractivity contribution in [3.05, 3.63) is 95.1 Å². The molecule has 0 atom stereocenters. The molecule has 4 aromatic carbocycles. The van der Waals surface area contributed by atoms with Crippen LogP contribution in [-0.2, 0) is 12.8 Å². The molecule has 2 aliphatic rings. The van der Waals surface area contributed by atoms with Gasteiger partial charge in [0.2, 0.25) is 0 Å². The predicted octanol–water partition coefficient (Wildman–Crippen LogP) is 5.44. The lowest BCUT2D eigenvalue weighted by Gasteiger charge is -2.18. The van der Waals surface area contributed by atoms with Crippen LogP contribution in [0, 0.1) is 0 Å². The molecule has 1 N–H and O–H groups in total. The zero-order chi connectivity index (χ0) is 19.8. The molecule has 0 spiro atoms. The lowest BCUT2D eigenvalue weighted by Crippen LogP contribution is -2.19. The van der Waals surface area contributed by atoms with Gasteiger partial charge in [-0.2, -0.15) is 0 Å². The van der Waals surface area contributed by atoms with Gasteiger partial charge in [-0.25, -0.2) is 0 Å². The van der Waals surface area contributed by atoms with Crippen LogP contribution >= 0.6 is 0 Å². The Morgan fingerprint density at radius 3 is 2.03 bits per heavy atom. The predicted molar refractivity (Wildman–Crippen MR) is 116 cm³/mol. The van der Waals surface area contributed by atoms with Crippen LogP contribution < -0.4 is 5.32 Å². The molecule has 0 aromatic heterocycles. The minimum absolute atomic E-state index is 0.300. The zero-order valence-corrected chi connectivity index (χ0v) is 16.1. The SMILES string of the molecule is O=C1NC(=O)c2ccccc21.c1ccc2c(c1)ccc1c3c(ccc12)CCCC3. The number of carbonyl (C=O) groups excluding carboxylic acids is 2. The molecule has 0 saturated heterocycles. The minimum atomic E-state index is -0.300. The van der Waals surface area contributed by atoms with E-state index in [0.717, 1.165) is 0 Å². The molecule has 0 saturated carbocycles. The third-order valence-electron chi connectivity index (χ3n) is 5.90. The van der Waals surface area contributed by atoms with E-state index in [1.54, 1.807) is 35.4 Å². The number of aryl methyl sites for hydroxylation is 2. The number of carbonyl (C=O) groups is 2. The Morgan fingerprint density at radius 2 is 1.24 bits per heavy atom. The summed E-state index contributed by atoms with van der Waals surface area (Å²) >= 11 is 0. The highest BCUT2D eigenvalue weighted by molar-refractivity contribution is 6.21. The molecule has 3 heteroatoms. The van der Waals surface area contributed by atoms with Crippen LogP contribution in [0.15, 0.2) is 72.8 Å². The van der Waals surface area contributed by atoms with E-state index in [0.29, 0.717) is 11.1 Å². The molecular weight excluding hydrogens is 358 g/mol. The fraction of sp³-hybridized carbons (Fsp3) is 0.154. The molecule has 6 rings (SSSR count). The summed E-state index contributed by atoms with van der Waals surface area (Å²) in [6, 6.07) is 24.7. The summed E-state index contributed by atoms with van der Waals surface area (Å²) in [4.78, 5) is 21.9. The van der Waals surface area contributed by atoms with Crippen LogP contribution in [0.5, 0.6) is 0 Å². The van der Waals surface area contributed by atoms with Gasteiger partial charge in [0, 0.05) is 0 Å². The van der Waals surface area contributed by atoms with Crippen LogP contribution in [0.25, 0.3) is 21.5 Å². The Hall–Kier alpha value is -3.46. The fourth-order valence-corrected chi connectivity index (χ4v) is 4.46. The third kappa shape index (κ3) is 3.09. The highest BCUT2D eigenvalue weighted by Gasteiger charge is 2.25. The quantitative estimate of drug-likeness (QED) is 0.326. The average molecular weight is 379 g/mol. The minimum Gasteiger partial charge on any atom is -0.288 e. The maximum Gasteiger partial charge on any atom is 0.258 e. The van der Waals surface area contributed by atoms with Gasteiger partial charge in [0.15, 0.2) is 0 Å². The van der Waals surface area contributed by atoms with Crippen molar-refractivity contribution >= 4 is 33.4 Å². The molecular formula is C26H21NO2. The van der Waals surface area contributed by atoms with E-state index in [4.69, 9.17) is 0 Å². The first kappa shape index (κ1) is 17.6. The van der Waals surface area contributed by atoms with Crippen molar-refractivity contribution < 1.29 is 9.59 Å². The smallest absolute Gasteiger partial charge is 0.258 e. The standard InChI is InChI=1S/C18H16.C8H5NO2/c1-3-7-15-13(5-1)9-11-18-16-8-4-2-6-14(16)10-12-17(15)18;10-7-5-3-1-2-4-6(5)8(11)9-7/h1,3,5,7,9-12H,2,4,6,8H2;1-4H,(H,9,10,11). The molecule has 2 amide bonds. The first-order valence-electron chi connectivity index (χ1n) is 10.1. The van der Waals surface area contributed by atoms with Gasteiger partial charge in [0.25, 0.3) is 11.8 Å². The number of hydrogen-bond acceptors (Lipinski definition) is 2. The normalized spacial score (nSPS) is 14.8. The monoisotopic (exact) mass is 379 g/mol. The third-order valence-corrected chi connectivity index (χ3v) is 5.90. The number of benzene rings is 4. The van der Waals surface area contributed by atoms with E-state index in [-0.39, 0.29) is 11.8 Å². The van der Waals surface area contributed by atoms with Gasteiger partial charge >= 0.3 is 0 Å². The van der Waals surface area contributed by atoms with E-state index in [1.807, 2.05) is 0 Å². The highest BCUT2D eigenvalue weighted by Crippen LogP contribution is 2.33. The van der Waals surface area contributed by atoms with Crippen molar-refractivity contribution in [2.45, 2.75) is 25.7 Å². The average Bonchev–Trinajstić information content (AvgIpc) is 3.07. The van der Waals surface area contributed by atoms with Gasteiger partial charge in [-0.1, -0.05) is 60.7 Å². The Kier molecular flexibility index (Phi) is 4.36. The molecule has 29 heavy (non-hydrogen) atoms. The maximum atomic E-state index is 10.9. The van der Waals surface area contributed by atoms with Gasteiger partial charge in [0.1, 0.15) is 0 Å².